The predicted molar refractivity (Wildman–Crippen MR) is 55.7 cm³/mol. The van der Waals surface area contributed by atoms with E-state index >= 15 is 0 Å². The molecule has 1 aromatic carbocycles. The molecule has 0 aliphatic heterocycles. The van der Waals surface area contributed by atoms with Crippen LogP contribution in [0.3, 0.4) is 0 Å². The lowest BCUT2D eigenvalue weighted by Gasteiger charge is -2.13. The molecule has 0 bridgehead atoms. The van der Waals surface area contributed by atoms with Gasteiger partial charge in [0, 0.05) is 0 Å². The van der Waals surface area contributed by atoms with Gasteiger partial charge >= 0.3 is 24.4 Å². The molecule has 0 aromatic heterocycles. The van der Waals surface area contributed by atoms with Crippen LogP contribution in [0.1, 0.15) is 5.56 Å². The van der Waals surface area contributed by atoms with E-state index in [1.807, 2.05) is 0 Å². The molecule has 11 heteroatoms. The quantitative estimate of drug-likeness (QED) is 0.618. The summed E-state index contributed by atoms with van der Waals surface area (Å²) in [5.74, 6) is -2.72. The van der Waals surface area contributed by atoms with Crippen LogP contribution in [0.15, 0.2) is 24.3 Å². The highest BCUT2D eigenvalue weighted by Crippen LogP contribution is 2.34. The Labute approximate surface area is 112 Å². The number of benzene rings is 1. The van der Waals surface area contributed by atoms with Crippen LogP contribution >= 0.6 is 0 Å². The van der Waals surface area contributed by atoms with Crippen LogP contribution in [-0.4, -0.2) is 18.2 Å². The molecule has 21 heavy (non-hydrogen) atoms. The van der Waals surface area contributed by atoms with Crippen molar-refractivity contribution < 1.29 is 40.8 Å². The molecule has 0 unspecified atom stereocenters. The first kappa shape index (κ1) is 16.6. The molecule has 0 heterocycles. The molecular formula is C10H6F6N2O3. The number of anilines is 1. The molecule has 0 aliphatic carbocycles. The van der Waals surface area contributed by atoms with E-state index in [0.29, 0.717) is 6.07 Å². The number of halogens is 6. The molecule has 2 N–H and O–H groups in total. The van der Waals surface area contributed by atoms with Crippen molar-refractivity contribution in [2.75, 3.05) is 5.32 Å². The van der Waals surface area contributed by atoms with Gasteiger partial charge in [-0.25, -0.2) is 9.59 Å². The third-order valence-corrected chi connectivity index (χ3v) is 1.95. The highest BCUT2D eigenvalue weighted by Gasteiger charge is 2.42. The summed E-state index contributed by atoms with van der Waals surface area (Å²) < 4.78 is 72.9. The minimum atomic E-state index is -5.35. The zero-order chi connectivity index (χ0) is 16.3. The Kier molecular flexibility index (Phi) is 4.66. The van der Waals surface area contributed by atoms with E-state index in [1.165, 1.54) is 0 Å². The molecule has 0 saturated carbocycles. The van der Waals surface area contributed by atoms with Gasteiger partial charge in [-0.3, -0.25) is 0 Å². The largest absolute Gasteiger partial charge is 0.493 e. The first-order chi connectivity index (χ1) is 9.51. The Bertz CT molecular complexity index is 540. The van der Waals surface area contributed by atoms with Gasteiger partial charge in [0.15, 0.2) is 0 Å². The van der Waals surface area contributed by atoms with E-state index in [1.54, 1.807) is 5.32 Å². The zero-order valence-corrected chi connectivity index (χ0v) is 9.80. The second-order valence-corrected chi connectivity index (χ2v) is 3.49. The highest BCUT2D eigenvalue weighted by atomic mass is 19.4. The van der Waals surface area contributed by atoms with Gasteiger partial charge in [0.2, 0.25) is 0 Å². The summed E-state index contributed by atoms with van der Waals surface area (Å²) in [6, 6.07) is 2.15. The number of rotatable bonds is 1. The van der Waals surface area contributed by atoms with Gasteiger partial charge in [0.1, 0.15) is 0 Å². The Morgan fingerprint density at radius 1 is 1.00 bits per heavy atom. The van der Waals surface area contributed by atoms with Crippen molar-refractivity contribution >= 4 is 17.7 Å². The van der Waals surface area contributed by atoms with Crippen molar-refractivity contribution in [1.82, 2.24) is 5.48 Å². The monoisotopic (exact) mass is 316 g/mol. The van der Waals surface area contributed by atoms with Crippen LogP contribution < -0.4 is 10.8 Å². The molecule has 5 nitrogen and oxygen atoms in total. The van der Waals surface area contributed by atoms with Gasteiger partial charge < -0.3 is 10.2 Å². The van der Waals surface area contributed by atoms with Crippen molar-refractivity contribution in [3.63, 3.8) is 0 Å². The lowest BCUT2D eigenvalue weighted by Crippen LogP contribution is -2.37. The standard InChI is InChI=1S/C10H6F6N2O3/c11-9(12,13)5-3-1-2-4-6(5)17-8(20)18-21-7(19)10(14,15)16/h1-4H,(H2,17,18,20). The van der Waals surface area contributed by atoms with Crippen LogP contribution in [0.2, 0.25) is 0 Å². The highest BCUT2D eigenvalue weighted by molar-refractivity contribution is 5.90. The first-order valence-electron chi connectivity index (χ1n) is 5.03. The third kappa shape index (κ3) is 4.85. The van der Waals surface area contributed by atoms with Gasteiger partial charge in [0.05, 0.1) is 11.3 Å². The van der Waals surface area contributed by atoms with Crippen LogP contribution in [0.5, 0.6) is 0 Å². The minimum Gasteiger partial charge on any atom is -0.331 e. The zero-order valence-electron chi connectivity index (χ0n) is 9.80. The van der Waals surface area contributed by atoms with Gasteiger partial charge in [-0.15, -0.1) is 0 Å². The summed E-state index contributed by atoms with van der Waals surface area (Å²) in [6.45, 7) is 0. The first-order valence-corrected chi connectivity index (χ1v) is 5.03. The van der Waals surface area contributed by atoms with Crippen molar-refractivity contribution in [2.45, 2.75) is 12.4 Å². The number of carbonyl (C=O) groups is 2. The number of nitrogens with one attached hydrogen (secondary N) is 2. The Hall–Kier alpha value is -2.46. The van der Waals surface area contributed by atoms with Crippen molar-refractivity contribution in [3.05, 3.63) is 29.8 Å². The van der Waals surface area contributed by atoms with Crippen molar-refractivity contribution in [2.24, 2.45) is 0 Å². The third-order valence-electron chi connectivity index (χ3n) is 1.95. The van der Waals surface area contributed by atoms with Gasteiger partial charge in [0.25, 0.3) is 0 Å². The van der Waals surface area contributed by atoms with E-state index in [-0.39, 0.29) is 0 Å². The summed E-state index contributed by atoms with van der Waals surface area (Å²) in [5.41, 5.74) is -0.908. The van der Waals surface area contributed by atoms with Crippen LogP contribution in [0.25, 0.3) is 0 Å². The summed E-state index contributed by atoms with van der Waals surface area (Å²) in [6.07, 6.45) is -10.1. The summed E-state index contributed by atoms with van der Waals surface area (Å²) >= 11 is 0. The Morgan fingerprint density at radius 3 is 2.10 bits per heavy atom. The topological polar surface area (TPSA) is 67.4 Å². The maximum atomic E-state index is 12.6. The summed E-state index contributed by atoms with van der Waals surface area (Å²) in [7, 11) is 0. The average Bonchev–Trinajstić information content (AvgIpc) is 2.34. The number of hydroxylamine groups is 1. The lowest BCUT2D eigenvalue weighted by atomic mass is 10.2. The van der Waals surface area contributed by atoms with E-state index < -0.39 is 35.6 Å². The SMILES string of the molecule is O=C(NOC(=O)C(F)(F)F)Nc1ccccc1C(F)(F)F. The van der Waals surface area contributed by atoms with Crippen molar-refractivity contribution in [3.8, 4) is 0 Å². The van der Waals surface area contributed by atoms with E-state index in [9.17, 15) is 35.9 Å². The second kappa shape index (κ2) is 5.89. The molecule has 0 saturated heterocycles. The fraction of sp³-hybridized carbons (Fsp3) is 0.200. The van der Waals surface area contributed by atoms with Crippen LogP contribution in [0.4, 0.5) is 36.8 Å². The van der Waals surface area contributed by atoms with Crippen LogP contribution in [-0.2, 0) is 15.8 Å². The summed E-state index contributed by atoms with van der Waals surface area (Å²) in [5, 5.41) is 1.61. The summed E-state index contributed by atoms with van der Waals surface area (Å²) in [4.78, 5) is 24.7. The number of urea groups is 1. The van der Waals surface area contributed by atoms with Gasteiger partial charge in [-0.05, 0) is 12.1 Å². The number of hydrogen-bond donors (Lipinski definition) is 2. The van der Waals surface area contributed by atoms with Crippen LogP contribution in [0, 0.1) is 0 Å². The maximum Gasteiger partial charge on any atom is 0.493 e. The number of hydrogen-bond acceptors (Lipinski definition) is 3. The smallest absolute Gasteiger partial charge is 0.331 e. The van der Waals surface area contributed by atoms with E-state index in [0.717, 1.165) is 23.7 Å². The average molecular weight is 316 g/mol. The molecule has 0 atom stereocenters. The Balaban J connectivity index is 2.71. The molecule has 0 aliphatic rings. The Morgan fingerprint density at radius 2 is 1.57 bits per heavy atom. The predicted octanol–water partition coefficient (Wildman–Crippen LogP) is 2.85. The second-order valence-electron chi connectivity index (χ2n) is 3.49. The molecule has 0 fully saturated rings. The van der Waals surface area contributed by atoms with Gasteiger partial charge in [-0.2, -0.15) is 31.8 Å². The maximum absolute atomic E-state index is 12.6. The van der Waals surface area contributed by atoms with E-state index in [2.05, 4.69) is 4.84 Å². The molecule has 2 amide bonds. The van der Waals surface area contributed by atoms with E-state index in [4.69, 9.17) is 0 Å². The van der Waals surface area contributed by atoms with Gasteiger partial charge in [-0.1, -0.05) is 12.1 Å². The molecular weight excluding hydrogens is 310 g/mol. The number of para-hydroxylation sites is 1. The number of carbonyl (C=O) groups excluding carboxylic acids is 2. The fourth-order valence-electron chi connectivity index (χ4n) is 1.14. The number of amides is 2. The van der Waals surface area contributed by atoms with Crippen molar-refractivity contribution in [1.29, 1.82) is 0 Å². The molecule has 0 radical (unpaired) electrons. The molecule has 0 spiro atoms. The molecule has 1 rings (SSSR count). The molecule has 1 aromatic rings. The normalized spacial score (nSPS) is 11.7. The fourth-order valence-corrected chi connectivity index (χ4v) is 1.14. The number of alkyl halides is 6. The lowest BCUT2D eigenvalue weighted by molar-refractivity contribution is -0.204. The molecule has 116 valence electrons. The minimum absolute atomic E-state index is 0.650.